The third-order valence-corrected chi connectivity index (χ3v) is 5.33. The molecule has 1 N–H and O–H groups in total. The summed E-state index contributed by atoms with van der Waals surface area (Å²) in [7, 11) is -3.63. The maximum absolute atomic E-state index is 12.5. The average Bonchev–Trinajstić information content (AvgIpc) is 2.79. The number of aliphatic hydroxyl groups excluding tert-OH is 1. The van der Waals surface area contributed by atoms with Crippen LogP contribution in [0.3, 0.4) is 0 Å². The van der Waals surface area contributed by atoms with Crippen LogP contribution in [0.15, 0.2) is 27.6 Å². The van der Waals surface area contributed by atoms with Gasteiger partial charge in [0.1, 0.15) is 10.6 Å². The Balaban J connectivity index is 2.41. The molecular formula is C12H16BrNO4S. The van der Waals surface area contributed by atoms with Crippen molar-refractivity contribution in [3.63, 3.8) is 0 Å². The maximum Gasteiger partial charge on any atom is 0.246 e. The van der Waals surface area contributed by atoms with Gasteiger partial charge in [0.25, 0.3) is 0 Å². The van der Waals surface area contributed by atoms with E-state index in [0.717, 1.165) is 0 Å². The van der Waals surface area contributed by atoms with Crippen LogP contribution in [0.2, 0.25) is 0 Å². The zero-order chi connectivity index (χ0) is 14.0. The van der Waals surface area contributed by atoms with Gasteiger partial charge in [-0.15, -0.1) is 0 Å². The minimum atomic E-state index is -3.63. The molecule has 1 heterocycles. The summed E-state index contributed by atoms with van der Waals surface area (Å²) < 4.78 is 32.4. The lowest BCUT2D eigenvalue weighted by molar-refractivity contribution is 0.189. The Morgan fingerprint density at radius 3 is 2.84 bits per heavy atom. The first-order valence-corrected chi connectivity index (χ1v) is 8.29. The van der Waals surface area contributed by atoms with Crippen LogP contribution in [0.1, 0.15) is 13.3 Å². The Morgan fingerprint density at radius 2 is 2.26 bits per heavy atom. The molecule has 5 nitrogen and oxygen atoms in total. The molecule has 1 aromatic rings. The molecule has 0 radical (unpaired) electrons. The summed E-state index contributed by atoms with van der Waals surface area (Å²) in [4.78, 5) is 0.137. The van der Waals surface area contributed by atoms with Crippen LogP contribution in [-0.2, 0) is 10.0 Å². The molecule has 0 saturated carbocycles. The summed E-state index contributed by atoms with van der Waals surface area (Å²) in [5, 5.41) is 9.49. The van der Waals surface area contributed by atoms with E-state index in [0.29, 0.717) is 29.8 Å². The van der Waals surface area contributed by atoms with E-state index in [1.807, 2.05) is 0 Å². The van der Waals surface area contributed by atoms with Gasteiger partial charge in [-0.2, -0.15) is 4.31 Å². The highest BCUT2D eigenvalue weighted by atomic mass is 79.9. The summed E-state index contributed by atoms with van der Waals surface area (Å²) in [6.45, 7) is 2.67. The molecule has 0 bridgehead atoms. The number of hydrogen-bond acceptors (Lipinski definition) is 4. The lowest BCUT2D eigenvalue weighted by Gasteiger charge is -2.18. The number of sulfonamides is 1. The number of aliphatic hydroxyl groups is 1. The van der Waals surface area contributed by atoms with Crippen LogP contribution < -0.4 is 4.74 Å². The zero-order valence-corrected chi connectivity index (χ0v) is 12.9. The van der Waals surface area contributed by atoms with E-state index >= 15 is 0 Å². The highest BCUT2D eigenvalue weighted by molar-refractivity contribution is 9.10. The van der Waals surface area contributed by atoms with E-state index in [-0.39, 0.29) is 11.4 Å². The molecule has 1 fully saturated rings. The lowest BCUT2D eigenvalue weighted by atomic mass is 10.3. The second kappa shape index (κ2) is 5.78. The summed E-state index contributed by atoms with van der Waals surface area (Å²) in [5.41, 5.74) is 0. The third-order valence-electron chi connectivity index (χ3n) is 2.95. The molecule has 106 valence electrons. The first-order chi connectivity index (χ1) is 8.95. The fraction of sp³-hybridized carbons (Fsp3) is 0.500. The molecular weight excluding hydrogens is 334 g/mol. The molecule has 1 aliphatic heterocycles. The van der Waals surface area contributed by atoms with Crippen LogP contribution in [0.5, 0.6) is 5.75 Å². The number of hydrogen-bond donors (Lipinski definition) is 1. The van der Waals surface area contributed by atoms with Gasteiger partial charge in [-0.3, -0.25) is 0 Å². The monoisotopic (exact) mass is 349 g/mol. The molecule has 0 aliphatic carbocycles. The molecule has 0 amide bonds. The number of benzene rings is 1. The van der Waals surface area contributed by atoms with Crippen LogP contribution in [-0.4, -0.2) is 43.6 Å². The standard InChI is InChI=1S/C12H16BrNO4S/c1-2-18-11-4-3-9(13)7-12(11)19(16,17)14-6-5-10(15)8-14/h3-4,7,10,15H,2,5-6,8H2,1H3/t10-/m1/s1. The fourth-order valence-electron chi connectivity index (χ4n) is 2.03. The van der Waals surface area contributed by atoms with Gasteiger partial charge in [0, 0.05) is 17.6 Å². The Kier molecular flexibility index (Phi) is 4.50. The van der Waals surface area contributed by atoms with Crippen LogP contribution >= 0.6 is 15.9 Å². The van der Waals surface area contributed by atoms with Crippen molar-refractivity contribution in [2.75, 3.05) is 19.7 Å². The van der Waals surface area contributed by atoms with Gasteiger partial charge in [0.05, 0.1) is 12.7 Å². The van der Waals surface area contributed by atoms with Gasteiger partial charge in [-0.1, -0.05) is 15.9 Å². The Bertz CT molecular complexity index is 561. The maximum atomic E-state index is 12.5. The molecule has 1 atom stereocenters. The van der Waals surface area contributed by atoms with E-state index in [1.54, 1.807) is 19.1 Å². The summed E-state index contributed by atoms with van der Waals surface area (Å²) in [5.74, 6) is 0.340. The minimum absolute atomic E-state index is 0.137. The van der Waals surface area contributed by atoms with Crippen molar-refractivity contribution in [1.82, 2.24) is 4.31 Å². The topological polar surface area (TPSA) is 66.8 Å². The second-order valence-corrected chi connectivity index (χ2v) is 7.15. The van der Waals surface area contributed by atoms with Gasteiger partial charge in [-0.05, 0) is 31.5 Å². The van der Waals surface area contributed by atoms with Gasteiger partial charge < -0.3 is 9.84 Å². The van der Waals surface area contributed by atoms with Crippen LogP contribution in [0.4, 0.5) is 0 Å². The Labute approximate surface area is 121 Å². The highest BCUT2D eigenvalue weighted by Crippen LogP contribution is 2.31. The SMILES string of the molecule is CCOc1ccc(Br)cc1S(=O)(=O)N1CC[C@@H](O)C1. The number of β-amino-alcohol motifs (C(OH)–C–C–N with tert-alkyl or cyclic N) is 1. The quantitative estimate of drug-likeness (QED) is 0.896. The third kappa shape index (κ3) is 3.10. The first-order valence-electron chi connectivity index (χ1n) is 6.05. The van der Waals surface area contributed by atoms with E-state index in [2.05, 4.69) is 15.9 Å². The van der Waals surface area contributed by atoms with Crippen LogP contribution in [0.25, 0.3) is 0 Å². The summed E-state index contributed by atoms with van der Waals surface area (Å²) in [6.07, 6.45) is -0.116. The molecule has 0 aromatic heterocycles. The highest BCUT2D eigenvalue weighted by Gasteiger charge is 2.33. The van der Waals surface area contributed by atoms with Crippen molar-refractivity contribution in [1.29, 1.82) is 0 Å². The van der Waals surface area contributed by atoms with E-state index in [4.69, 9.17) is 4.74 Å². The van der Waals surface area contributed by atoms with Gasteiger partial charge in [0.2, 0.25) is 10.0 Å². The Morgan fingerprint density at radius 1 is 1.53 bits per heavy atom. The molecule has 7 heteroatoms. The molecule has 0 spiro atoms. The number of ether oxygens (including phenoxy) is 1. The lowest BCUT2D eigenvalue weighted by Crippen LogP contribution is -2.30. The Hall–Kier alpha value is -0.630. The molecule has 1 aliphatic rings. The van der Waals surface area contributed by atoms with E-state index in [9.17, 15) is 13.5 Å². The largest absolute Gasteiger partial charge is 0.492 e. The number of nitrogens with zero attached hydrogens (tertiary/aromatic N) is 1. The minimum Gasteiger partial charge on any atom is -0.492 e. The van der Waals surface area contributed by atoms with Crippen molar-refractivity contribution < 1.29 is 18.3 Å². The number of halogens is 1. The predicted octanol–water partition coefficient (Wildman–Crippen LogP) is 1.60. The second-order valence-electron chi connectivity index (χ2n) is 4.33. The van der Waals surface area contributed by atoms with E-state index < -0.39 is 16.1 Å². The molecule has 19 heavy (non-hydrogen) atoms. The van der Waals surface area contributed by atoms with Crippen LogP contribution in [0, 0.1) is 0 Å². The van der Waals surface area contributed by atoms with Crippen molar-refractivity contribution in [2.45, 2.75) is 24.3 Å². The number of rotatable bonds is 4. The van der Waals surface area contributed by atoms with Gasteiger partial charge in [0.15, 0.2) is 0 Å². The molecule has 0 unspecified atom stereocenters. The van der Waals surface area contributed by atoms with Crippen molar-refractivity contribution >= 4 is 26.0 Å². The molecule has 2 rings (SSSR count). The van der Waals surface area contributed by atoms with Crippen molar-refractivity contribution in [3.05, 3.63) is 22.7 Å². The van der Waals surface area contributed by atoms with Crippen molar-refractivity contribution in [3.8, 4) is 5.75 Å². The summed E-state index contributed by atoms with van der Waals surface area (Å²) >= 11 is 3.27. The zero-order valence-electron chi connectivity index (χ0n) is 10.5. The van der Waals surface area contributed by atoms with Crippen molar-refractivity contribution in [2.24, 2.45) is 0 Å². The fourth-order valence-corrected chi connectivity index (χ4v) is 4.19. The van der Waals surface area contributed by atoms with Gasteiger partial charge >= 0.3 is 0 Å². The molecule has 1 aromatic carbocycles. The smallest absolute Gasteiger partial charge is 0.246 e. The summed E-state index contributed by atoms with van der Waals surface area (Å²) in [6, 6.07) is 4.90. The van der Waals surface area contributed by atoms with Gasteiger partial charge in [-0.25, -0.2) is 8.42 Å². The molecule has 1 saturated heterocycles. The van der Waals surface area contributed by atoms with E-state index in [1.165, 1.54) is 10.4 Å². The first kappa shape index (κ1) is 14.8. The average molecular weight is 350 g/mol. The normalized spacial score (nSPS) is 20.7. The predicted molar refractivity (Wildman–Crippen MR) is 74.7 cm³/mol.